The van der Waals surface area contributed by atoms with Crippen molar-refractivity contribution in [3.8, 4) is 0 Å². The highest BCUT2D eigenvalue weighted by atomic mass is 79.9. The maximum Gasteiger partial charge on any atom is 0.261 e. The molecule has 0 spiro atoms. The molecule has 1 N–H and O–H groups in total. The Labute approximate surface area is 100 Å². The van der Waals surface area contributed by atoms with Crippen LogP contribution >= 0.6 is 15.9 Å². The minimum atomic E-state index is 0.0396. The quantitative estimate of drug-likeness (QED) is 0.856. The van der Waals surface area contributed by atoms with Crippen molar-refractivity contribution in [3.05, 3.63) is 39.4 Å². The standard InChI is InChI=1S/C11H10BrN3O/c12-9-3-1-2-8-10(9)14-6-15(11(8)16)7-4-13-5-7/h1-3,6-7,13H,4-5H2. The minimum Gasteiger partial charge on any atom is -0.313 e. The van der Waals surface area contributed by atoms with Crippen LogP contribution in [0.4, 0.5) is 0 Å². The number of hydrogen-bond acceptors (Lipinski definition) is 3. The van der Waals surface area contributed by atoms with Gasteiger partial charge in [0.05, 0.1) is 23.3 Å². The number of rotatable bonds is 1. The van der Waals surface area contributed by atoms with Crippen molar-refractivity contribution in [2.45, 2.75) is 6.04 Å². The van der Waals surface area contributed by atoms with E-state index in [1.54, 1.807) is 10.9 Å². The van der Waals surface area contributed by atoms with Crippen molar-refractivity contribution in [3.63, 3.8) is 0 Å². The summed E-state index contributed by atoms with van der Waals surface area (Å²) in [6.07, 6.45) is 1.64. The third-order valence-corrected chi connectivity index (χ3v) is 3.56. The molecule has 2 heterocycles. The first-order valence-electron chi connectivity index (χ1n) is 5.13. The lowest BCUT2D eigenvalue weighted by Gasteiger charge is -2.28. The maximum absolute atomic E-state index is 12.2. The van der Waals surface area contributed by atoms with Gasteiger partial charge in [0.15, 0.2) is 0 Å². The molecule has 0 aliphatic carbocycles. The molecule has 1 saturated heterocycles. The van der Waals surface area contributed by atoms with Gasteiger partial charge in [-0.05, 0) is 28.1 Å². The Bertz CT molecular complexity index is 604. The first-order chi connectivity index (χ1) is 7.77. The van der Waals surface area contributed by atoms with Crippen LogP contribution in [0, 0.1) is 0 Å². The second kappa shape index (κ2) is 3.68. The molecule has 1 aromatic heterocycles. The van der Waals surface area contributed by atoms with E-state index in [1.165, 1.54) is 0 Å². The van der Waals surface area contributed by atoms with Gasteiger partial charge in [0.2, 0.25) is 0 Å². The van der Waals surface area contributed by atoms with Crippen LogP contribution in [-0.2, 0) is 0 Å². The molecule has 2 aromatic rings. The molecule has 3 rings (SSSR count). The predicted octanol–water partition coefficient (Wildman–Crippen LogP) is 1.30. The highest BCUT2D eigenvalue weighted by Crippen LogP contribution is 2.19. The van der Waals surface area contributed by atoms with E-state index in [-0.39, 0.29) is 11.6 Å². The van der Waals surface area contributed by atoms with Gasteiger partial charge in [-0.1, -0.05) is 6.07 Å². The van der Waals surface area contributed by atoms with Gasteiger partial charge in [0.1, 0.15) is 0 Å². The monoisotopic (exact) mass is 279 g/mol. The summed E-state index contributed by atoms with van der Waals surface area (Å²) in [5, 5.41) is 3.82. The Kier molecular flexibility index (Phi) is 2.29. The lowest BCUT2D eigenvalue weighted by molar-refractivity contribution is 0.334. The summed E-state index contributed by atoms with van der Waals surface area (Å²) in [7, 11) is 0. The van der Waals surface area contributed by atoms with Gasteiger partial charge >= 0.3 is 0 Å². The van der Waals surface area contributed by atoms with Crippen LogP contribution in [0.2, 0.25) is 0 Å². The summed E-state index contributed by atoms with van der Waals surface area (Å²) >= 11 is 3.40. The Morgan fingerprint density at radius 1 is 1.44 bits per heavy atom. The van der Waals surface area contributed by atoms with Crippen LogP contribution in [0.5, 0.6) is 0 Å². The molecule has 16 heavy (non-hydrogen) atoms. The predicted molar refractivity (Wildman–Crippen MR) is 65.6 cm³/mol. The number of halogens is 1. The fraction of sp³-hybridized carbons (Fsp3) is 0.273. The van der Waals surface area contributed by atoms with Gasteiger partial charge < -0.3 is 5.32 Å². The molecule has 0 radical (unpaired) electrons. The van der Waals surface area contributed by atoms with Crippen LogP contribution in [0.15, 0.2) is 33.8 Å². The molecule has 0 unspecified atom stereocenters. The van der Waals surface area contributed by atoms with Gasteiger partial charge in [-0.2, -0.15) is 0 Å². The van der Waals surface area contributed by atoms with E-state index in [9.17, 15) is 4.79 Å². The van der Waals surface area contributed by atoms with Gasteiger partial charge in [-0.25, -0.2) is 4.98 Å². The molecule has 4 nitrogen and oxygen atoms in total. The summed E-state index contributed by atoms with van der Waals surface area (Å²) in [5.74, 6) is 0. The lowest BCUT2D eigenvalue weighted by atomic mass is 10.1. The van der Waals surface area contributed by atoms with Crippen molar-refractivity contribution in [1.29, 1.82) is 0 Å². The molecule has 0 bridgehead atoms. The summed E-state index contributed by atoms with van der Waals surface area (Å²) < 4.78 is 2.58. The molecule has 82 valence electrons. The zero-order valence-corrected chi connectivity index (χ0v) is 10.1. The fourth-order valence-corrected chi connectivity index (χ4v) is 2.33. The second-order valence-corrected chi connectivity index (χ2v) is 4.76. The highest BCUT2D eigenvalue weighted by molar-refractivity contribution is 9.10. The molecule has 1 aliphatic rings. The lowest BCUT2D eigenvalue weighted by Crippen LogP contribution is -2.46. The van der Waals surface area contributed by atoms with Crippen LogP contribution in [0.25, 0.3) is 10.9 Å². The first kappa shape index (κ1) is 9.99. The minimum absolute atomic E-state index is 0.0396. The molecule has 5 heteroatoms. The maximum atomic E-state index is 12.2. The molecule has 0 amide bonds. The summed E-state index contributed by atoms with van der Waals surface area (Å²) in [6.45, 7) is 1.70. The van der Waals surface area contributed by atoms with Gasteiger partial charge in [-0.15, -0.1) is 0 Å². The van der Waals surface area contributed by atoms with Crippen molar-refractivity contribution >= 4 is 26.8 Å². The Hall–Kier alpha value is -1.20. The average molecular weight is 280 g/mol. The van der Waals surface area contributed by atoms with Crippen molar-refractivity contribution in [2.75, 3.05) is 13.1 Å². The SMILES string of the molecule is O=c1c2cccc(Br)c2ncn1C1CNC1. The van der Waals surface area contributed by atoms with E-state index in [0.29, 0.717) is 5.39 Å². The molecule has 0 atom stereocenters. The van der Waals surface area contributed by atoms with E-state index in [2.05, 4.69) is 26.2 Å². The van der Waals surface area contributed by atoms with Gasteiger partial charge in [0, 0.05) is 17.6 Å². The third kappa shape index (κ3) is 1.39. The number of hydrogen-bond donors (Lipinski definition) is 1. The summed E-state index contributed by atoms with van der Waals surface area (Å²) in [5.41, 5.74) is 0.772. The van der Waals surface area contributed by atoms with Crippen LogP contribution in [0.1, 0.15) is 6.04 Å². The Balaban J connectivity index is 2.27. The fourth-order valence-electron chi connectivity index (χ4n) is 1.86. The second-order valence-electron chi connectivity index (χ2n) is 3.91. The number of para-hydroxylation sites is 1. The smallest absolute Gasteiger partial charge is 0.261 e. The van der Waals surface area contributed by atoms with Crippen molar-refractivity contribution in [2.24, 2.45) is 0 Å². The highest BCUT2D eigenvalue weighted by Gasteiger charge is 2.20. The van der Waals surface area contributed by atoms with Crippen LogP contribution in [0.3, 0.4) is 0 Å². The van der Waals surface area contributed by atoms with E-state index in [4.69, 9.17) is 0 Å². The number of nitrogens with zero attached hydrogens (tertiary/aromatic N) is 2. The number of benzene rings is 1. The Morgan fingerprint density at radius 2 is 2.25 bits per heavy atom. The van der Waals surface area contributed by atoms with Gasteiger partial charge in [0.25, 0.3) is 5.56 Å². The molecular weight excluding hydrogens is 270 g/mol. The van der Waals surface area contributed by atoms with E-state index in [1.807, 2.05) is 18.2 Å². The number of aromatic nitrogens is 2. The largest absolute Gasteiger partial charge is 0.313 e. The van der Waals surface area contributed by atoms with Crippen molar-refractivity contribution in [1.82, 2.24) is 14.9 Å². The van der Waals surface area contributed by atoms with Crippen LogP contribution in [-0.4, -0.2) is 22.6 Å². The summed E-state index contributed by atoms with van der Waals surface area (Å²) in [6, 6.07) is 5.82. The van der Waals surface area contributed by atoms with Crippen LogP contribution < -0.4 is 10.9 Å². The Morgan fingerprint density at radius 3 is 2.94 bits per heavy atom. The zero-order chi connectivity index (χ0) is 11.1. The molecular formula is C11H10BrN3O. The first-order valence-corrected chi connectivity index (χ1v) is 5.93. The average Bonchev–Trinajstić information content (AvgIpc) is 2.20. The number of nitrogens with one attached hydrogen (secondary N) is 1. The normalized spacial score (nSPS) is 16.3. The molecule has 1 fully saturated rings. The third-order valence-electron chi connectivity index (χ3n) is 2.92. The summed E-state index contributed by atoms with van der Waals surface area (Å²) in [4.78, 5) is 16.5. The zero-order valence-electron chi connectivity index (χ0n) is 8.48. The van der Waals surface area contributed by atoms with Crippen molar-refractivity contribution < 1.29 is 0 Å². The van der Waals surface area contributed by atoms with Gasteiger partial charge in [-0.3, -0.25) is 9.36 Å². The molecule has 0 saturated carbocycles. The molecule has 1 aliphatic heterocycles. The van der Waals surface area contributed by atoms with E-state index < -0.39 is 0 Å². The topological polar surface area (TPSA) is 46.9 Å². The van der Waals surface area contributed by atoms with E-state index in [0.717, 1.165) is 23.1 Å². The number of fused-ring (bicyclic) bond motifs is 1. The molecule has 1 aromatic carbocycles. The van der Waals surface area contributed by atoms with E-state index >= 15 is 0 Å².